The summed E-state index contributed by atoms with van der Waals surface area (Å²) in [4.78, 5) is 16.7. The lowest BCUT2D eigenvalue weighted by molar-refractivity contribution is -0.129. The van der Waals surface area contributed by atoms with E-state index in [0.29, 0.717) is 11.8 Å². The van der Waals surface area contributed by atoms with Crippen molar-refractivity contribution in [3.63, 3.8) is 0 Å². The Morgan fingerprint density at radius 3 is 2.67 bits per heavy atom. The number of rotatable bonds is 6. The molecule has 2 atom stereocenters. The fourth-order valence-corrected chi connectivity index (χ4v) is 3.20. The molecule has 2 saturated heterocycles. The second kappa shape index (κ2) is 6.53. The van der Waals surface area contributed by atoms with Crippen LogP contribution in [-0.4, -0.2) is 61.0 Å². The van der Waals surface area contributed by atoms with Gasteiger partial charge in [-0.1, -0.05) is 13.8 Å². The average molecular weight is 253 g/mol. The lowest BCUT2D eigenvalue weighted by Gasteiger charge is -2.25. The molecule has 2 rings (SSSR count). The maximum absolute atomic E-state index is 12.1. The molecule has 0 aromatic heterocycles. The molecule has 2 unspecified atom stereocenters. The van der Waals surface area contributed by atoms with Crippen LogP contribution in [0.25, 0.3) is 0 Å². The van der Waals surface area contributed by atoms with Crippen molar-refractivity contribution < 1.29 is 4.79 Å². The highest BCUT2D eigenvalue weighted by atomic mass is 16.2. The van der Waals surface area contributed by atoms with Crippen molar-refractivity contribution in [3.05, 3.63) is 0 Å². The second-order valence-corrected chi connectivity index (χ2v) is 5.80. The minimum absolute atomic E-state index is 0.0778. The van der Waals surface area contributed by atoms with Gasteiger partial charge in [0.2, 0.25) is 5.91 Å². The predicted molar refractivity (Wildman–Crippen MR) is 73.5 cm³/mol. The van der Waals surface area contributed by atoms with Gasteiger partial charge in [-0.05, 0) is 44.8 Å². The molecule has 4 heteroatoms. The lowest BCUT2D eigenvalue weighted by atomic mass is 10.1. The van der Waals surface area contributed by atoms with Crippen LogP contribution in [0.3, 0.4) is 0 Å². The van der Waals surface area contributed by atoms with Crippen LogP contribution in [0.5, 0.6) is 0 Å². The Kier molecular flexibility index (Phi) is 5.01. The standard InChI is InChI=1S/C14H27N3O/c1-3-15-13-6-9-17(14(13)18)11-12(2)10-16-7-4-5-8-16/h12-13,15H,3-11H2,1-2H3. The Morgan fingerprint density at radius 2 is 2.00 bits per heavy atom. The van der Waals surface area contributed by atoms with Gasteiger partial charge in [0.1, 0.15) is 0 Å². The molecule has 0 spiro atoms. The molecule has 2 aliphatic heterocycles. The van der Waals surface area contributed by atoms with Crippen molar-refractivity contribution in [1.82, 2.24) is 15.1 Å². The highest BCUT2D eigenvalue weighted by Crippen LogP contribution is 2.15. The van der Waals surface area contributed by atoms with E-state index in [1.807, 2.05) is 4.90 Å². The maximum atomic E-state index is 12.1. The summed E-state index contributed by atoms with van der Waals surface area (Å²) in [5, 5.41) is 3.27. The molecule has 2 heterocycles. The number of amides is 1. The zero-order valence-electron chi connectivity index (χ0n) is 11.8. The van der Waals surface area contributed by atoms with Crippen molar-refractivity contribution in [1.29, 1.82) is 0 Å². The third-order valence-electron chi connectivity index (χ3n) is 4.05. The quantitative estimate of drug-likeness (QED) is 0.765. The van der Waals surface area contributed by atoms with E-state index < -0.39 is 0 Å². The smallest absolute Gasteiger partial charge is 0.239 e. The van der Waals surface area contributed by atoms with Crippen LogP contribution in [0.15, 0.2) is 0 Å². The van der Waals surface area contributed by atoms with Crippen LogP contribution in [0, 0.1) is 5.92 Å². The van der Waals surface area contributed by atoms with Crippen LogP contribution in [0.1, 0.15) is 33.1 Å². The molecular formula is C14H27N3O. The molecule has 2 aliphatic rings. The molecule has 2 fully saturated rings. The van der Waals surface area contributed by atoms with Crippen LogP contribution in [0.4, 0.5) is 0 Å². The molecule has 0 saturated carbocycles. The number of nitrogens with one attached hydrogen (secondary N) is 1. The fourth-order valence-electron chi connectivity index (χ4n) is 3.20. The molecule has 0 aromatic rings. The van der Waals surface area contributed by atoms with Gasteiger partial charge in [-0.15, -0.1) is 0 Å². The zero-order chi connectivity index (χ0) is 13.0. The molecule has 18 heavy (non-hydrogen) atoms. The minimum Gasteiger partial charge on any atom is -0.341 e. The third-order valence-corrected chi connectivity index (χ3v) is 4.05. The van der Waals surface area contributed by atoms with Crippen molar-refractivity contribution in [2.75, 3.05) is 39.3 Å². The molecule has 1 amide bonds. The number of likely N-dealkylation sites (tertiary alicyclic amines) is 2. The Labute approximate surface area is 111 Å². The first-order valence-corrected chi connectivity index (χ1v) is 7.45. The Bertz CT molecular complexity index is 276. The molecule has 0 aliphatic carbocycles. The van der Waals surface area contributed by atoms with Crippen molar-refractivity contribution in [3.8, 4) is 0 Å². The zero-order valence-corrected chi connectivity index (χ0v) is 11.8. The number of carbonyl (C=O) groups is 1. The summed E-state index contributed by atoms with van der Waals surface area (Å²) in [7, 11) is 0. The number of carbonyl (C=O) groups excluding carboxylic acids is 1. The Hall–Kier alpha value is -0.610. The largest absolute Gasteiger partial charge is 0.341 e. The first-order chi connectivity index (χ1) is 8.70. The number of hydrogen-bond donors (Lipinski definition) is 1. The van der Waals surface area contributed by atoms with E-state index in [4.69, 9.17) is 0 Å². The van der Waals surface area contributed by atoms with Gasteiger partial charge in [0.25, 0.3) is 0 Å². The lowest BCUT2D eigenvalue weighted by Crippen LogP contribution is -2.41. The summed E-state index contributed by atoms with van der Waals surface area (Å²) in [5.41, 5.74) is 0. The van der Waals surface area contributed by atoms with Crippen LogP contribution in [0.2, 0.25) is 0 Å². The van der Waals surface area contributed by atoms with Gasteiger partial charge < -0.3 is 15.1 Å². The van der Waals surface area contributed by atoms with Crippen LogP contribution >= 0.6 is 0 Å². The first kappa shape index (κ1) is 13.8. The monoisotopic (exact) mass is 253 g/mol. The summed E-state index contributed by atoms with van der Waals surface area (Å²) in [5.74, 6) is 0.901. The van der Waals surface area contributed by atoms with E-state index in [9.17, 15) is 4.79 Å². The SMILES string of the molecule is CCNC1CCN(CC(C)CN2CCCC2)C1=O. The molecule has 104 valence electrons. The Morgan fingerprint density at radius 1 is 1.28 bits per heavy atom. The third kappa shape index (κ3) is 3.45. The van der Waals surface area contributed by atoms with Gasteiger partial charge in [0, 0.05) is 19.6 Å². The first-order valence-electron chi connectivity index (χ1n) is 7.45. The molecule has 0 bridgehead atoms. The summed E-state index contributed by atoms with van der Waals surface area (Å²) in [6.45, 7) is 10.7. The molecule has 1 N–H and O–H groups in total. The van der Waals surface area contributed by atoms with E-state index in [1.54, 1.807) is 0 Å². The van der Waals surface area contributed by atoms with E-state index >= 15 is 0 Å². The van der Waals surface area contributed by atoms with Gasteiger partial charge in [0.15, 0.2) is 0 Å². The summed E-state index contributed by atoms with van der Waals surface area (Å²) < 4.78 is 0. The van der Waals surface area contributed by atoms with Crippen LogP contribution in [-0.2, 0) is 4.79 Å². The summed E-state index contributed by atoms with van der Waals surface area (Å²) in [6.07, 6.45) is 3.67. The molecule has 4 nitrogen and oxygen atoms in total. The highest BCUT2D eigenvalue weighted by Gasteiger charge is 2.31. The molecule has 0 radical (unpaired) electrons. The van der Waals surface area contributed by atoms with Gasteiger partial charge >= 0.3 is 0 Å². The van der Waals surface area contributed by atoms with Crippen molar-refractivity contribution in [2.24, 2.45) is 5.92 Å². The van der Waals surface area contributed by atoms with E-state index in [0.717, 1.165) is 32.6 Å². The predicted octanol–water partition coefficient (Wildman–Crippen LogP) is 0.929. The van der Waals surface area contributed by atoms with Crippen LogP contribution < -0.4 is 5.32 Å². The van der Waals surface area contributed by atoms with E-state index in [-0.39, 0.29) is 6.04 Å². The van der Waals surface area contributed by atoms with Crippen molar-refractivity contribution in [2.45, 2.75) is 39.2 Å². The fraction of sp³-hybridized carbons (Fsp3) is 0.929. The summed E-state index contributed by atoms with van der Waals surface area (Å²) >= 11 is 0. The van der Waals surface area contributed by atoms with Gasteiger partial charge in [-0.2, -0.15) is 0 Å². The number of hydrogen-bond acceptors (Lipinski definition) is 3. The highest BCUT2D eigenvalue weighted by molar-refractivity contribution is 5.83. The second-order valence-electron chi connectivity index (χ2n) is 5.80. The minimum atomic E-state index is 0.0778. The Balaban J connectivity index is 1.73. The topological polar surface area (TPSA) is 35.6 Å². The van der Waals surface area contributed by atoms with Gasteiger partial charge in [0.05, 0.1) is 6.04 Å². The van der Waals surface area contributed by atoms with E-state index in [1.165, 1.54) is 25.9 Å². The number of nitrogens with zero attached hydrogens (tertiary/aromatic N) is 2. The summed E-state index contributed by atoms with van der Waals surface area (Å²) in [6, 6.07) is 0.0778. The maximum Gasteiger partial charge on any atom is 0.239 e. The molecule has 0 aromatic carbocycles. The number of likely N-dealkylation sites (N-methyl/N-ethyl adjacent to an activating group) is 1. The van der Waals surface area contributed by atoms with E-state index in [2.05, 4.69) is 24.1 Å². The van der Waals surface area contributed by atoms with Gasteiger partial charge in [-0.25, -0.2) is 0 Å². The normalized spacial score (nSPS) is 27.1. The molecular weight excluding hydrogens is 226 g/mol. The average Bonchev–Trinajstić information content (AvgIpc) is 2.94. The van der Waals surface area contributed by atoms with Gasteiger partial charge in [-0.3, -0.25) is 4.79 Å². The van der Waals surface area contributed by atoms with Crippen molar-refractivity contribution >= 4 is 5.91 Å².